The van der Waals surface area contributed by atoms with Crippen LogP contribution < -0.4 is 0 Å². The van der Waals surface area contributed by atoms with Crippen LogP contribution in [-0.4, -0.2) is 26.2 Å². The molecule has 104 valence electrons. The number of benzene rings is 1. The first-order chi connectivity index (χ1) is 9.65. The maximum Gasteiger partial charge on any atom is 0.324 e. The van der Waals surface area contributed by atoms with E-state index in [1.165, 1.54) is 14.2 Å². The Morgan fingerprint density at radius 1 is 1.15 bits per heavy atom. The van der Waals surface area contributed by atoms with E-state index in [0.29, 0.717) is 12.8 Å². The predicted molar refractivity (Wildman–Crippen MR) is 72.5 cm³/mol. The highest BCUT2D eigenvalue weighted by atomic mass is 16.5. The van der Waals surface area contributed by atoms with Crippen molar-refractivity contribution in [1.82, 2.24) is 0 Å². The minimum Gasteiger partial charge on any atom is -0.468 e. The normalized spacial score (nSPS) is 19.0. The molecular weight excluding hydrogens is 256 g/mol. The second-order valence-corrected chi connectivity index (χ2v) is 4.68. The smallest absolute Gasteiger partial charge is 0.324 e. The lowest BCUT2D eigenvalue weighted by Gasteiger charge is -2.41. The lowest BCUT2D eigenvalue weighted by molar-refractivity contribution is -0.180. The summed E-state index contributed by atoms with van der Waals surface area (Å²) in [5.74, 6) is 4.51. The molecule has 1 unspecified atom stereocenters. The summed E-state index contributed by atoms with van der Waals surface area (Å²) in [7, 11) is 2.54. The first kappa shape index (κ1) is 14.1. The van der Waals surface area contributed by atoms with Gasteiger partial charge in [0.15, 0.2) is 5.41 Å². The van der Waals surface area contributed by atoms with E-state index < -0.39 is 17.4 Å². The molecule has 4 nitrogen and oxygen atoms in total. The van der Waals surface area contributed by atoms with Gasteiger partial charge in [-0.2, -0.15) is 0 Å². The van der Waals surface area contributed by atoms with E-state index in [-0.39, 0.29) is 5.92 Å². The third-order valence-corrected chi connectivity index (χ3v) is 3.69. The van der Waals surface area contributed by atoms with Crippen LogP contribution in [0.4, 0.5) is 0 Å². The largest absolute Gasteiger partial charge is 0.468 e. The fourth-order valence-corrected chi connectivity index (χ4v) is 2.40. The fourth-order valence-electron chi connectivity index (χ4n) is 2.40. The standard InChI is InChI=1S/C16H16O4/c1-19-14(17)16(15(18)20-2)11-10-13(16)9-8-12-6-4-3-5-7-12/h3-7,13H,10-11H2,1-2H3. The molecule has 1 saturated carbocycles. The number of ether oxygens (including phenoxy) is 2. The Labute approximate surface area is 118 Å². The molecule has 1 aliphatic rings. The lowest BCUT2D eigenvalue weighted by Crippen LogP contribution is -2.53. The average molecular weight is 272 g/mol. The Kier molecular flexibility index (Phi) is 4.09. The van der Waals surface area contributed by atoms with Gasteiger partial charge >= 0.3 is 11.9 Å². The van der Waals surface area contributed by atoms with Gasteiger partial charge in [-0.15, -0.1) is 0 Å². The van der Waals surface area contributed by atoms with Gasteiger partial charge < -0.3 is 9.47 Å². The van der Waals surface area contributed by atoms with Crippen molar-refractivity contribution in [1.29, 1.82) is 0 Å². The van der Waals surface area contributed by atoms with Crippen molar-refractivity contribution in [3.05, 3.63) is 35.9 Å². The van der Waals surface area contributed by atoms with Crippen molar-refractivity contribution in [3.8, 4) is 11.8 Å². The van der Waals surface area contributed by atoms with Gasteiger partial charge in [0.05, 0.1) is 14.2 Å². The highest BCUT2D eigenvalue weighted by Gasteiger charge is 2.60. The van der Waals surface area contributed by atoms with E-state index in [0.717, 1.165) is 5.56 Å². The van der Waals surface area contributed by atoms with Crippen LogP contribution in [0.5, 0.6) is 0 Å². The maximum absolute atomic E-state index is 11.9. The molecule has 0 saturated heterocycles. The van der Waals surface area contributed by atoms with Crippen molar-refractivity contribution in [2.75, 3.05) is 14.2 Å². The number of carbonyl (C=O) groups is 2. The molecule has 1 aromatic rings. The average Bonchev–Trinajstić information content (AvgIpc) is 2.47. The highest BCUT2D eigenvalue weighted by molar-refractivity contribution is 6.02. The zero-order valence-corrected chi connectivity index (χ0v) is 11.5. The van der Waals surface area contributed by atoms with Crippen LogP contribution in [0.3, 0.4) is 0 Å². The summed E-state index contributed by atoms with van der Waals surface area (Å²) in [5.41, 5.74) is -0.409. The molecule has 0 aliphatic heterocycles. The molecule has 0 bridgehead atoms. The molecule has 4 heteroatoms. The van der Waals surface area contributed by atoms with Gasteiger partial charge in [-0.1, -0.05) is 30.0 Å². The lowest BCUT2D eigenvalue weighted by atomic mass is 9.60. The van der Waals surface area contributed by atoms with E-state index in [2.05, 4.69) is 11.8 Å². The van der Waals surface area contributed by atoms with Crippen molar-refractivity contribution in [2.24, 2.45) is 11.3 Å². The van der Waals surface area contributed by atoms with Crippen LogP contribution >= 0.6 is 0 Å². The Balaban J connectivity index is 2.26. The summed E-state index contributed by atoms with van der Waals surface area (Å²) < 4.78 is 9.51. The van der Waals surface area contributed by atoms with E-state index in [1.54, 1.807) is 0 Å². The summed E-state index contributed by atoms with van der Waals surface area (Å²) >= 11 is 0. The monoisotopic (exact) mass is 272 g/mol. The summed E-state index contributed by atoms with van der Waals surface area (Å²) in [5, 5.41) is 0. The molecule has 0 amide bonds. The van der Waals surface area contributed by atoms with Gasteiger partial charge in [0.2, 0.25) is 0 Å². The minimum absolute atomic E-state index is 0.359. The van der Waals surface area contributed by atoms with Gasteiger partial charge in [0.25, 0.3) is 0 Å². The van der Waals surface area contributed by atoms with Crippen molar-refractivity contribution >= 4 is 11.9 Å². The number of carbonyl (C=O) groups excluding carboxylic acids is 2. The summed E-state index contributed by atoms with van der Waals surface area (Å²) in [4.78, 5) is 23.9. The molecule has 1 aliphatic carbocycles. The Bertz CT molecular complexity index is 549. The van der Waals surface area contributed by atoms with Gasteiger partial charge in [-0.25, -0.2) is 0 Å². The van der Waals surface area contributed by atoms with Crippen LogP contribution in [0.2, 0.25) is 0 Å². The van der Waals surface area contributed by atoms with E-state index in [4.69, 9.17) is 9.47 Å². The minimum atomic E-state index is -1.26. The SMILES string of the molecule is COC(=O)C1(C(=O)OC)CCC1C#Cc1ccccc1. The second-order valence-electron chi connectivity index (χ2n) is 4.68. The number of esters is 2. The van der Waals surface area contributed by atoms with E-state index >= 15 is 0 Å². The van der Waals surface area contributed by atoms with Crippen molar-refractivity contribution in [2.45, 2.75) is 12.8 Å². The summed E-state index contributed by atoms with van der Waals surface area (Å²) in [6.07, 6.45) is 1.10. The molecule has 0 N–H and O–H groups in total. The molecule has 20 heavy (non-hydrogen) atoms. The Morgan fingerprint density at radius 2 is 1.75 bits per heavy atom. The molecule has 1 aromatic carbocycles. The number of methoxy groups -OCH3 is 2. The first-order valence-corrected chi connectivity index (χ1v) is 6.38. The summed E-state index contributed by atoms with van der Waals surface area (Å²) in [6, 6.07) is 9.44. The fraction of sp³-hybridized carbons (Fsp3) is 0.375. The van der Waals surface area contributed by atoms with E-state index in [1.807, 2.05) is 30.3 Å². The Hall–Kier alpha value is -2.28. The zero-order chi connectivity index (χ0) is 14.6. The third kappa shape index (κ3) is 2.27. The molecule has 0 aromatic heterocycles. The van der Waals surface area contributed by atoms with Crippen molar-refractivity contribution < 1.29 is 19.1 Å². The van der Waals surface area contributed by atoms with Gasteiger partial charge in [-0.3, -0.25) is 9.59 Å². The summed E-state index contributed by atoms with van der Waals surface area (Å²) in [6.45, 7) is 0. The van der Waals surface area contributed by atoms with Crippen LogP contribution in [0.1, 0.15) is 18.4 Å². The first-order valence-electron chi connectivity index (χ1n) is 6.38. The quantitative estimate of drug-likeness (QED) is 0.468. The van der Waals surface area contributed by atoms with Gasteiger partial charge in [-0.05, 0) is 25.0 Å². The molecule has 0 spiro atoms. The van der Waals surface area contributed by atoms with Crippen LogP contribution in [-0.2, 0) is 19.1 Å². The van der Waals surface area contributed by atoms with Crippen LogP contribution in [0.15, 0.2) is 30.3 Å². The molecular formula is C16H16O4. The van der Waals surface area contributed by atoms with Gasteiger partial charge in [0.1, 0.15) is 0 Å². The number of hydrogen-bond donors (Lipinski definition) is 0. The van der Waals surface area contributed by atoms with Crippen molar-refractivity contribution in [3.63, 3.8) is 0 Å². The topological polar surface area (TPSA) is 52.6 Å². The Morgan fingerprint density at radius 3 is 2.20 bits per heavy atom. The molecule has 1 fully saturated rings. The second kappa shape index (κ2) is 5.79. The zero-order valence-electron chi connectivity index (χ0n) is 11.5. The molecule has 0 heterocycles. The van der Waals surface area contributed by atoms with E-state index in [9.17, 15) is 9.59 Å². The van der Waals surface area contributed by atoms with Gasteiger partial charge in [0, 0.05) is 11.5 Å². The predicted octanol–water partition coefficient (Wildman–Crippen LogP) is 1.78. The number of hydrogen-bond acceptors (Lipinski definition) is 4. The third-order valence-electron chi connectivity index (χ3n) is 3.69. The van der Waals surface area contributed by atoms with Crippen LogP contribution in [0, 0.1) is 23.2 Å². The molecule has 1 atom stereocenters. The number of rotatable bonds is 2. The van der Waals surface area contributed by atoms with Crippen LogP contribution in [0.25, 0.3) is 0 Å². The maximum atomic E-state index is 11.9. The highest BCUT2D eigenvalue weighted by Crippen LogP contribution is 2.48. The molecule has 2 rings (SSSR count). The molecule has 0 radical (unpaired) electrons.